The molecule has 0 saturated carbocycles. The maximum atomic E-state index is 6.15. The van der Waals surface area contributed by atoms with Gasteiger partial charge in [-0.15, -0.1) is 5.10 Å². The first-order valence-corrected chi connectivity index (χ1v) is 6.93. The van der Waals surface area contributed by atoms with Gasteiger partial charge in [-0.3, -0.25) is 0 Å². The average molecular weight is 300 g/mol. The molecule has 21 heavy (non-hydrogen) atoms. The maximum absolute atomic E-state index is 6.15. The molecule has 0 aliphatic rings. The van der Waals surface area contributed by atoms with Gasteiger partial charge < -0.3 is 5.32 Å². The molecule has 0 aliphatic carbocycles. The van der Waals surface area contributed by atoms with Crippen molar-refractivity contribution in [2.24, 2.45) is 0 Å². The number of hydrogen-bond acceptors (Lipinski definition) is 4. The molecule has 3 rings (SSSR count). The van der Waals surface area contributed by atoms with Gasteiger partial charge in [0.2, 0.25) is 0 Å². The number of para-hydroxylation sites is 2. The number of tetrazole rings is 1. The lowest BCUT2D eigenvalue weighted by Crippen LogP contribution is -2.05. The smallest absolute Gasteiger partial charge is 0.143 e. The van der Waals surface area contributed by atoms with E-state index in [1.165, 1.54) is 0 Å². The van der Waals surface area contributed by atoms with Crippen LogP contribution in [0.15, 0.2) is 48.8 Å². The minimum atomic E-state index is 0.680. The fourth-order valence-corrected chi connectivity index (χ4v) is 2.24. The molecule has 0 atom stereocenters. The quantitative estimate of drug-likeness (QED) is 0.803. The average Bonchev–Trinajstić information content (AvgIpc) is 3.03. The van der Waals surface area contributed by atoms with Gasteiger partial charge >= 0.3 is 0 Å². The number of aromatic nitrogens is 4. The lowest BCUT2D eigenvalue weighted by Gasteiger charge is -2.11. The van der Waals surface area contributed by atoms with E-state index in [-0.39, 0.29) is 0 Å². The van der Waals surface area contributed by atoms with Crippen molar-refractivity contribution in [1.29, 1.82) is 0 Å². The Morgan fingerprint density at radius 3 is 2.81 bits per heavy atom. The summed E-state index contributed by atoms with van der Waals surface area (Å²) in [6, 6.07) is 13.9. The van der Waals surface area contributed by atoms with Crippen molar-refractivity contribution in [3.8, 4) is 5.69 Å². The van der Waals surface area contributed by atoms with Crippen LogP contribution in [0.4, 0.5) is 5.69 Å². The molecule has 0 fully saturated rings. The summed E-state index contributed by atoms with van der Waals surface area (Å²) in [5.41, 5.74) is 4.06. The van der Waals surface area contributed by atoms with E-state index in [9.17, 15) is 0 Å². The minimum absolute atomic E-state index is 0.680. The first-order chi connectivity index (χ1) is 10.2. The zero-order valence-electron chi connectivity index (χ0n) is 11.5. The van der Waals surface area contributed by atoms with Crippen LogP contribution in [0, 0.1) is 6.92 Å². The third kappa shape index (κ3) is 3.03. The van der Waals surface area contributed by atoms with E-state index >= 15 is 0 Å². The predicted octanol–water partition coefficient (Wildman–Crippen LogP) is 3.24. The first kappa shape index (κ1) is 13.6. The van der Waals surface area contributed by atoms with Crippen LogP contribution in [-0.4, -0.2) is 20.2 Å². The highest BCUT2D eigenvalue weighted by Crippen LogP contribution is 2.21. The number of aryl methyl sites for hydroxylation is 1. The van der Waals surface area contributed by atoms with E-state index < -0.39 is 0 Å². The largest absolute Gasteiger partial charge is 0.379 e. The molecule has 5 nitrogen and oxygen atoms in total. The van der Waals surface area contributed by atoms with Crippen LogP contribution in [-0.2, 0) is 6.54 Å². The zero-order chi connectivity index (χ0) is 14.7. The molecule has 106 valence electrons. The SMILES string of the molecule is Cc1ccc(CNc2ccccc2-n2cnnn2)cc1Cl. The third-order valence-electron chi connectivity index (χ3n) is 3.22. The van der Waals surface area contributed by atoms with Crippen molar-refractivity contribution in [3.63, 3.8) is 0 Å². The molecule has 0 unspecified atom stereocenters. The number of rotatable bonds is 4. The van der Waals surface area contributed by atoms with Crippen LogP contribution in [0.2, 0.25) is 5.02 Å². The molecule has 0 amide bonds. The lowest BCUT2D eigenvalue weighted by molar-refractivity contribution is 0.789. The molecule has 3 aromatic rings. The second-order valence-electron chi connectivity index (χ2n) is 4.71. The van der Waals surface area contributed by atoms with E-state index in [4.69, 9.17) is 11.6 Å². The highest BCUT2D eigenvalue weighted by Gasteiger charge is 2.05. The summed E-state index contributed by atoms with van der Waals surface area (Å²) < 4.78 is 1.63. The van der Waals surface area contributed by atoms with Crippen LogP contribution in [0.1, 0.15) is 11.1 Å². The van der Waals surface area contributed by atoms with Gasteiger partial charge in [-0.05, 0) is 46.7 Å². The minimum Gasteiger partial charge on any atom is -0.379 e. The molecule has 0 bridgehead atoms. The highest BCUT2D eigenvalue weighted by molar-refractivity contribution is 6.31. The number of benzene rings is 2. The monoisotopic (exact) mass is 299 g/mol. The molecule has 6 heteroatoms. The Morgan fingerprint density at radius 1 is 1.19 bits per heavy atom. The highest BCUT2D eigenvalue weighted by atomic mass is 35.5. The van der Waals surface area contributed by atoms with E-state index in [1.807, 2.05) is 43.3 Å². The molecular formula is C15H14ClN5. The Hall–Kier alpha value is -2.40. The standard InChI is InChI=1S/C15H14ClN5/c1-11-6-7-12(8-13(11)16)9-17-14-4-2-3-5-15(14)21-10-18-19-20-21/h2-8,10,17H,9H2,1H3. The van der Waals surface area contributed by atoms with Crippen molar-refractivity contribution >= 4 is 17.3 Å². The summed E-state index contributed by atoms with van der Waals surface area (Å²) >= 11 is 6.15. The number of anilines is 1. The van der Waals surface area contributed by atoms with Crippen molar-refractivity contribution < 1.29 is 0 Å². The van der Waals surface area contributed by atoms with Gasteiger partial charge in [0.1, 0.15) is 6.33 Å². The summed E-state index contributed by atoms with van der Waals surface area (Å²) in [5.74, 6) is 0. The summed E-state index contributed by atoms with van der Waals surface area (Å²) in [5, 5.41) is 15.4. The molecule has 0 aliphatic heterocycles. The first-order valence-electron chi connectivity index (χ1n) is 6.55. The molecule has 1 heterocycles. The molecular weight excluding hydrogens is 286 g/mol. The van der Waals surface area contributed by atoms with Gasteiger partial charge in [0, 0.05) is 11.6 Å². The molecule has 0 spiro atoms. The van der Waals surface area contributed by atoms with E-state index in [2.05, 4.69) is 26.9 Å². The number of hydrogen-bond donors (Lipinski definition) is 1. The fraction of sp³-hybridized carbons (Fsp3) is 0.133. The van der Waals surface area contributed by atoms with Gasteiger partial charge in [-0.2, -0.15) is 4.68 Å². The lowest BCUT2D eigenvalue weighted by atomic mass is 10.1. The Bertz CT molecular complexity index is 740. The van der Waals surface area contributed by atoms with Crippen LogP contribution in [0.3, 0.4) is 0 Å². The Morgan fingerprint density at radius 2 is 2.05 bits per heavy atom. The maximum Gasteiger partial charge on any atom is 0.143 e. The van der Waals surface area contributed by atoms with Gasteiger partial charge in [-0.25, -0.2) is 0 Å². The van der Waals surface area contributed by atoms with Crippen molar-refractivity contribution in [2.75, 3.05) is 5.32 Å². The Kier molecular flexibility index (Phi) is 3.83. The van der Waals surface area contributed by atoms with E-state index in [1.54, 1.807) is 11.0 Å². The topological polar surface area (TPSA) is 55.6 Å². The fourth-order valence-electron chi connectivity index (χ4n) is 2.04. The van der Waals surface area contributed by atoms with E-state index in [0.29, 0.717) is 6.54 Å². The number of halogens is 1. The van der Waals surface area contributed by atoms with Gasteiger partial charge in [-0.1, -0.05) is 35.9 Å². The molecule has 1 N–H and O–H groups in total. The molecule has 2 aromatic carbocycles. The van der Waals surface area contributed by atoms with Crippen LogP contribution in [0.5, 0.6) is 0 Å². The molecule has 0 saturated heterocycles. The molecule has 1 aromatic heterocycles. The summed E-state index contributed by atoms with van der Waals surface area (Å²) in [6.45, 7) is 2.67. The van der Waals surface area contributed by atoms with Crippen molar-refractivity contribution in [3.05, 3.63) is 64.9 Å². The Balaban J connectivity index is 1.81. The Labute approximate surface area is 127 Å². The van der Waals surface area contributed by atoms with Crippen molar-refractivity contribution in [1.82, 2.24) is 20.2 Å². The number of nitrogens with one attached hydrogen (secondary N) is 1. The van der Waals surface area contributed by atoms with Crippen LogP contribution >= 0.6 is 11.6 Å². The summed E-state index contributed by atoms with van der Waals surface area (Å²) in [6.07, 6.45) is 1.57. The summed E-state index contributed by atoms with van der Waals surface area (Å²) in [4.78, 5) is 0. The van der Waals surface area contributed by atoms with Crippen molar-refractivity contribution in [2.45, 2.75) is 13.5 Å². The number of nitrogens with zero attached hydrogens (tertiary/aromatic N) is 4. The second kappa shape index (κ2) is 5.93. The predicted molar refractivity (Wildman–Crippen MR) is 82.7 cm³/mol. The van der Waals surface area contributed by atoms with Gasteiger partial charge in [0.15, 0.2) is 0 Å². The van der Waals surface area contributed by atoms with Crippen LogP contribution in [0.25, 0.3) is 5.69 Å². The second-order valence-corrected chi connectivity index (χ2v) is 5.12. The third-order valence-corrected chi connectivity index (χ3v) is 3.63. The normalized spacial score (nSPS) is 10.6. The van der Waals surface area contributed by atoms with Gasteiger partial charge in [0.25, 0.3) is 0 Å². The zero-order valence-corrected chi connectivity index (χ0v) is 12.2. The molecule has 0 radical (unpaired) electrons. The van der Waals surface area contributed by atoms with Gasteiger partial charge in [0.05, 0.1) is 11.4 Å². The van der Waals surface area contributed by atoms with Crippen LogP contribution < -0.4 is 5.32 Å². The summed E-state index contributed by atoms with van der Waals surface area (Å²) in [7, 11) is 0. The van der Waals surface area contributed by atoms with E-state index in [0.717, 1.165) is 27.5 Å².